The van der Waals surface area contributed by atoms with Crippen LogP contribution in [0.4, 0.5) is 0 Å². The second kappa shape index (κ2) is 6.67. The van der Waals surface area contributed by atoms with Crippen molar-refractivity contribution in [3.8, 4) is 0 Å². The van der Waals surface area contributed by atoms with Gasteiger partial charge in [0.15, 0.2) is 0 Å². The lowest BCUT2D eigenvalue weighted by Gasteiger charge is -2.08. The SMILES string of the molecule is CCn1nnc2cc(C(=O)NNC(=O)c3ccccc3Cl)ccc21. The Bertz CT molecular complexity index is 922. The molecule has 24 heavy (non-hydrogen) atoms. The third-order valence-corrected chi connectivity index (χ3v) is 3.81. The van der Waals surface area contributed by atoms with Gasteiger partial charge < -0.3 is 0 Å². The molecule has 0 aliphatic carbocycles. The van der Waals surface area contributed by atoms with Crippen LogP contribution in [0.3, 0.4) is 0 Å². The lowest BCUT2D eigenvalue weighted by atomic mass is 10.2. The number of halogens is 1. The molecule has 0 bridgehead atoms. The third-order valence-electron chi connectivity index (χ3n) is 3.48. The van der Waals surface area contributed by atoms with E-state index in [9.17, 15) is 9.59 Å². The predicted octanol–water partition coefficient (Wildman–Crippen LogP) is 2.18. The van der Waals surface area contributed by atoms with Gasteiger partial charge in [-0.15, -0.1) is 5.10 Å². The van der Waals surface area contributed by atoms with E-state index >= 15 is 0 Å². The Morgan fingerprint density at radius 1 is 1.12 bits per heavy atom. The van der Waals surface area contributed by atoms with Crippen molar-refractivity contribution >= 4 is 34.4 Å². The van der Waals surface area contributed by atoms with E-state index in [0.29, 0.717) is 22.6 Å². The lowest BCUT2D eigenvalue weighted by molar-refractivity contribution is 0.0847. The van der Waals surface area contributed by atoms with Gasteiger partial charge in [0, 0.05) is 12.1 Å². The van der Waals surface area contributed by atoms with E-state index in [1.165, 1.54) is 0 Å². The van der Waals surface area contributed by atoms with Gasteiger partial charge in [0.2, 0.25) is 0 Å². The largest absolute Gasteiger partial charge is 0.271 e. The number of carbonyl (C=O) groups is 2. The number of hydrogen-bond donors (Lipinski definition) is 2. The third kappa shape index (κ3) is 3.07. The Kier molecular flexibility index (Phi) is 4.43. The molecule has 0 saturated heterocycles. The molecule has 1 heterocycles. The zero-order valence-corrected chi connectivity index (χ0v) is 13.5. The summed E-state index contributed by atoms with van der Waals surface area (Å²) in [6.45, 7) is 2.65. The van der Waals surface area contributed by atoms with Gasteiger partial charge in [-0.1, -0.05) is 28.9 Å². The predicted molar refractivity (Wildman–Crippen MR) is 89.6 cm³/mol. The second-order valence-electron chi connectivity index (χ2n) is 5.00. The van der Waals surface area contributed by atoms with Crippen LogP contribution in [0.2, 0.25) is 5.02 Å². The van der Waals surface area contributed by atoms with Crippen molar-refractivity contribution in [2.24, 2.45) is 0 Å². The molecule has 0 unspecified atom stereocenters. The average Bonchev–Trinajstić information content (AvgIpc) is 3.02. The molecule has 2 amide bonds. The fraction of sp³-hybridized carbons (Fsp3) is 0.125. The summed E-state index contributed by atoms with van der Waals surface area (Å²) in [7, 11) is 0. The molecule has 0 atom stereocenters. The van der Waals surface area contributed by atoms with Crippen LogP contribution in [0, 0.1) is 0 Å². The number of rotatable bonds is 3. The monoisotopic (exact) mass is 343 g/mol. The first-order valence-corrected chi connectivity index (χ1v) is 7.66. The lowest BCUT2D eigenvalue weighted by Crippen LogP contribution is -2.41. The molecule has 122 valence electrons. The Morgan fingerprint density at radius 3 is 2.62 bits per heavy atom. The molecule has 0 radical (unpaired) electrons. The minimum atomic E-state index is -0.494. The maximum absolute atomic E-state index is 12.2. The summed E-state index contributed by atoms with van der Waals surface area (Å²) in [5, 5.41) is 8.31. The molecule has 3 rings (SSSR count). The van der Waals surface area contributed by atoms with Gasteiger partial charge in [-0.05, 0) is 37.3 Å². The van der Waals surface area contributed by atoms with Crippen molar-refractivity contribution < 1.29 is 9.59 Å². The second-order valence-corrected chi connectivity index (χ2v) is 5.40. The molecular formula is C16H14ClN5O2. The number of carbonyl (C=O) groups excluding carboxylic acids is 2. The molecule has 8 heteroatoms. The highest BCUT2D eigenvalue weighted by atomic mass is 35.5. The zero-order chi connectivity index (χ0) is 17.1. The van der Waals surface area contributed by atoms with Crippen molar-refractivity contribution in [2.45, 2.75) is 13.5 Å². The Morgan fingerprint density at radius 2 is 1.88 bits per heavy atom. The summed E-state index contributed by atoms with van der Waals surface area (Å²) in [6.07, 6.45) is 0. The summed E-state index contributed by atoms with van der Waals surface area (Å²) in [5.74, 6) is -0.949. The Hall–Kier alpha value is -2.93. The van der Waals surface area contributed by atoms with Crippen molar-refractivity contribution in [1.82, 2.24) is 25.8 Å². The summed E-state index contributed by atoms with van der Waals surface area (Å²) in [4.78, 5) is 24.2. The highest BCUT2D eigenvalue weighted by Crippen LogP contribution is 2.15. The van der Waals surface area contributed by atoms with E-state index in [0.717, 1.165) is 5.52 Å². The topological polar surface area (TPSA) is 88.9 Å². The maximum Gasteiger partial charge on any atom is 0.271 e. The number of nitrogens with zero attached hydrogens (tertiary/aromatic N) is 3. The highest BCUT2D eigenvalue weighted by Gasteiger charge is 2.13. The van der Waals surface area contributed by atoms with Gasteiger partial charge in [0.05, 0.1) is 16.1 Å². The van der Waals surface area contributed by atoms with Crippen molar-refractivity contribution in [1.29, 1.82) is 0 Å². The average molecular weight is 344 g/mol. The number of nitrogens with one attached hydrogen (secondary N) is 2. The van der Waals surface area contributed by atoms with Crippen LogP contribution in [-0.4, -0.2) is 26.8 Å². The van der Waals surface area contributed by atoms with E-state index in [-0.39, 0.29) is 5.56 Å². The van der Waals surface area contributed by atoms with Gasteiger partial charge in [0.1, 0.15) is 5.52 Å². The smallest absolute Gasteiger partial charge is 0.267 e. The maximum atomic E-state index is 12.2. The molecule has 2 aromatic carbocycles. The van der Waals surface area contributed by atoms with Crippen LogP contribution in [0.15, 0.2) is 42.5 Å². The van der Waals surface area contributed by atoms with Gasteiger partial charge in [-0.3, -0.25) is 20.4 Å². The molecular weight excluding hydrogens is 330 g/mol. The summed E-state index contributed by atoms with van der Waals surface area (Å²) >= 11 is 5.94. The molecule has 0 fully saturated rings. The number of aromatic nitrogens is 3. The van der Waals surface area contributed by atoms with Crippen LogP contribution in [0.25, 0.3) is 11.0 Å². The molecule has 1 aromatic heterocycles. The molecule has 0 saturated carbocycles. The van der Waals surface area contributed by atoms with Crippen molar-refractivity contribution in [3.05, 3.63) is 58.6 Å². The van der Waals surface area contributed by atoms with E-state index in [4.69, 9.17) is 11.6 Å². The van der Waals surface area contributed by atoms with Gasteiger partial charge >= 0.3 is 0 Å². The number of amides is 2. The molecule has 0 aliphatic heterocycles. The highest BCUT2D eigenvalue weighted by molar-refractivity contribution is 6.33. The molecule has 2 N–H and O–H groups in total. The van der Waals surface area contributed by atoms with Crippen LogP contribution in [0.5, 0.6) is 0 Å². The molecule has 0 aliphatic rings. The molecule has 3 aromatic rings. The summed E-state index contributed by atoms with van der Waals surface area (Å²) in [5.41, 5.74) is 6.80. The number of benzene rings is 2. The van der Waals surface area contributed by atoms with E-state index in [1.807, 2.05) is 6.92 Å². The van der Waals surface area contributed by atoms with Gasteiger partial charge in [-0.25, -0.2) is 4.68 Å². The van der Waals surface area contributed by atoms with E-state index < -0.39 is 11.8 Å². The van der Waals surface area contributed by atoms with Gasteiger partial charge in [-0.2, -0.15) is 0 Å². The minimum Gasteiger partial charge on any atom is -0.267 e. The minimum absolute atomic E-state index is 0.279. The number of hydrogen-bond acceptors (Lipinski definition) is 4. The fourth-order valence-electron chi connectivity index (χ4n) is 2.25. The Balaban J connectivity index is 1.71. The molecule has 7 nitrogen and oxygen atoms in total. The van der Waals surface area contributed by atoms with Crippen molar-refractivity contribution in [3.63, 3.8) is 0 Å². The standard InChI is InChI=1S/C16H14ClN5O2/c1-2-22-14-8-7-10(9-13(14)18-21-22)15(23)19-20-16(24)11-5-3-4-6-12(11)17/h3-9H,2H2,1H3,(H,19,23)(H,20,24). The first kappa shape index (κ1) is 15.9. The van der Waals surface area contributed by atoms with E-state index in [1.54, 1.807) is 47.1 Å². The van der Waals surface area contributed by atoms with Crippen LogP contribution in [-0.2, 0) is 6.54 Å². The number of hydrazine groups is 1. The molecule has 0 spiro atoms. The van der Waals surface area contributed by atoms with Gasteiger partial charge in [0.25, 0.3) is 11.8 Å². The van der Waals surface area contributed by atoms with Crippen LogP contribution < -0.4 is 10.9 Å². The summed E-state index contributed by atoms with van der Waals surface area (Å²) in [6, 6.07) is 11.6. The normalized spacial score (nSPS) is 10.6. The summed E-state index contributed by atoms with van der Waals surface area (Å²) < 4.78 is 1.73. The number of aryl methyl sites for hydroxylation is 1. The number of fused-ring (bicyclic) bond motifs is 1. The van der Waals surface area contributed by atoms with E-state index in [2.05, 4.69) is 21.2 Å². The van der Waals surface area contributed by atoms with Crippen LogP contribution in [0.1, 0.15) is 27.6 Å². The van der Waals surface area contributed by atoms with Crippen molar-refractivity contribution in [2.75, 3.05) is 0 Å². The zero-order valence-electron chi connectivity index (χ0n) is 12.8. The fourth-order valence-corrected chi connectivity index (χ4v) is 2.47. The van der Waals surface area contributed by atoms with Crippen LogP contribution >= 0.6 is 11.6 Å². The Labute approximate surface area is 142 Å². The first-order chi connectivity index (χ1) is 11.6. The first-order valence-electron chi connectivity index (χ1n) is 7.28. The quantitative estimate of drug-likeness (QED) is 0.713.